The van der Waals surface area contributed by atoms with Gasteiger partial charge in [-0.15, -0.1) is 0 Å². The summed E-state index contributed by atoms with van der Waals surface area (Å²) >= 11 is 0. The number of hydrogen-bond donors (Lipinski definition) is 0. The average Bonchev–Trinajstić information content (AvgIpc) is 2.47. The molecule has 0 bridgehead atoms. The smallest absolute Gasteiger partial charge is 0.212 e. The highest BCUT2D eigenvalue weighted by Gasteiger charge is 2.43. The van der Waals surface area contributed by atoms with Gasteiger partial charge in [-0.2, -0.15) is 0 Å². The fourth-order valence-corrected chi connectivity index (χ4v) is 2.89. The first-order valence-corrected chi connectivity index (χ1v) is 8.84. The highest BCUT2D eigenvalue weighted by Crippen LogP contribution is 2.39. The maximum absolute atomic E-state index is 6.49. The fourth-order valence-electron chi connectivity index (χ4n) is 2.89. The van der Waals surface area contributed by atoms with Crippen molar-refractivity contribution in [2.24, 2.45) is 5.41 Å². The van der Waals surface area contributed by atoms with Crippen molar-refractivity contribution in [2.45, 2.75) is 78.6 Å². The van der Waals surface area contributed by atoms with Crippen LogP contribution in [-0.4, -0.2) is 11.9 Å². The van der Waals surface area contributed by atoms with Crippen LogP contribution in [-0.2, 0) is 4.74 Å². The summed E-state index contributed by atoms with van der Waals surface area (Å²) in [6.07, 6.45) is 6.45. The van der Waals surface area contributed by atoms with E-state index in [2.05, 4.69) is 46.4 Å². The highest BCUT2D eigenvalue weighted by atomic mass is 16.7. The Kier molecular flexibility index (Phi) is 5.57. The average molecular weight is 316 g/mol. The lowest BCUT2D eigenvalue weighted by molar-refractivity contribution is -0.257. The van der Waals surface area contributed by atoms with Crippen molar-refractivity contribution in [3.63, 3.8) is 0 Å². The van der Waals surface area contributed by atoms with E-state index in [9.17, 15) is 0 Å². The van der Waals surface area contributed by atoms with Crippen LogP contribution in [0.15, 0.2) is 30.8 Å². The zero-order chi connectivity index (χ0) is 17.1. The highest BCUT2D eigenvalue weighted by molar-refractivity contribution is 5.61. The van der Waals surface area contributed by atoms with Crippen molar-refractivity contribution in [1.29, 1.82) is 0 Å². The van der Waals surface area contributed by atoms with Gasteiger partial charge in [-0.1, -0.05) is 64.3 Å². The molecule has 0 radical (unpaired) electrons. The lowest BCUT2D eigenvalue weighted by Crippen LogP contribution is -2.50. The molecule has 0 spiro atoms. The Morgan fingerprint density at radius 1 is 1.00 bits per heavy atom. The summed E-state index contributed by atoms with van der Waals surface area (Å²) < 4.78 is 12.8. The molecule has 0 heterocycles. The van der Waals surface area contributed by atoms with E-state index in [0.29, 0.717) is 6.10 Å². The predicted molar refractivity (Wildman–Crippen MR) is 97.6 cm³/mol. The number of ether oxygens (including phenoxy) is 2. The van der Waals surface area contributed by atoms with Gasteiger partial charge in [0.15, 0.2) is 0 Å². The minimum Gasteiger partial charge on any atom is -0.462 e. The van der Waals surface area contributed by atoms with Gasteiger partial charge in [0.05, 0.1) is 6.10 Å². The molecule has 1 aliphatic carbocycles. The van der Waals surface area contributed by atoms with Crippen molar-refractivity contribution in [1.82, 2.24) is 0 Å². The molecule has 0 amide bonds. The predicted octanol–water partition coefficient (Wildman–Crippen LogP) is 6.21. The molecule has 2 nitrogen and oxygen atoms in total. The second kappa shape index (κ2) is 7.09. The van der Waals surface area contributed by atoms with Gasteiger partial charge in [0, 0.05) is 12.3 Å². The molecule has 2 heteroatoms. The van der Waals surface area contributed by atoms with Gasteiger partial charge in [-0.05, 0) is 37.5 Å². The van der Waals surface area contributed by atoms with E-state index >= 15 is 0 Å². The Morgan fingerprint density at radius 2 is 1.57 bits per heavy atom. The Morgan fingerprint density at radius 3 is 2.04 bits per heavy atom. The van der Waals surface area contributed by atoms with Crippen LogP contribution >= 0.6 is 0 Å². The molecule has 1 aliphatic rings. The summed E-state index contributed by atoms with van der Waals surface area (Å²) in [5.41, 5.74) is 2.09. The van der Waals surface area contributed by atoms with Crippen LogP contribution in [0.1, 0.15) is 72.3 Å². The number of rotatable bonds is 5. The number of hydrogen-bond acceptors (Lipinski definition) is 2. The third kappa shape index (κ3) is 4.60. The molecule has 1 saturated carbocycles. The maximum atomic E-state index is 6.49. The molecular formula is C21H32O2. The van der Waals surface area contributed by atoms with Crippen LogP contribution in [0.2, 0.25) is 0 Å². The molecule has 1 aromatic rings. The quantitative estimate of drug-likeness (QED) is 0.601. The molecule has 2 rings (SSSR count). The van der Waals surface area contributed by atoms with Crippen molar-refractivity contribution < 1.29 is 9.47 Å². The maximum Gasteiger partial charge on any atom is 0.212 e. The summed E-state index contributed by atoms with van der Waals surface area (Å²) in [5, 5.41) is 0. The van der Waals surface area contributed by atoms with Gasteiger partial charge in [0.25, 0.3) is 0 Å². The third-order valence-electron chi connectivity index (χ3n) is 4.97. The van der Waals surface area contributed by atoms with E-state index in [1.807, 2.05) is 19.1 Å². The molecule has 0 saturated heterocycles. The normalized spacial score (nSPS) is 19.2. The van der Waals surface area contributed by atoms with E-state index in [1.165, 1.54) is 19.3 Å². The van der Waals surface area contributed by atoms with Crippen LogP contribution in [0.3, 0.4) is 0 Å². The number of allylic oxidation sites excluding steroid dienone is 1. The van der Waals surface area contributed by atoms with E-state index in [-0.39, 0.29) is 5.41 Å². The topological polar surface area (TPSA) is 18.5 Å². The van der Waals surface area contributed by atoms with Crippen LogP contribution in [0.5, 0.6) is 5.75 Å². The van der Waals surface area contributed by atoms with E-state index in [0.717, 1.165) is 29.7 Å². The third-order valence-corrected chi connectivity index (χ3v) is 4.97. The first kappa shape index (κ1) is 18.1. The van der Waals surface area contributed by atoms with Crippen LogP contribution in [0.25, 0.3) is 5.57 Å². The number of benzene rings is 1. The van der Waals surface area contributed by atoms with E-state index in [4.69, 9.17) is 9.47 Å². The van der Waals surface area contributed by atoms with Gasteiger partial charge in [-0.25, -0.2) is 0 Å². The first-order chi connectivity index (χ1) is 10.7. The summed E-state index contributed by atoms with van der Waals surface area (Å²) in [6, 6.07) is 8.14. The SMILES string of the molecule is C=C(C)c1ccc(OC(C)(OC2CCCCC2)C(C)(C)C)cc1. The monoisotopic (exact) mass is 316 g/mol. The van der Waals surface area contributed by atoms with Gasteiger partial charge in [0.1, 0.15) is 5.75 Å². The van der Waals surface area contributed by atoms with Crippen LogP contribution in [0.4, 0.5) is 0 Å². The Hall–Kier alpha value is -1.28. The fraction of sp³-hybridized carbons (Fsp3) is 0.619. The molecule has 0 N–H and O–H groups in total. The van der Waals surface area contributed by atoms with Gasteiger partial charge >= 0.3 is 0 Å². The zero-order valence-electron chi connectivity index (χ0n) is 15.4. The van der Waals surface area contributed by atoms with E-state index in [1.54, 1.807) is 0 Å². The minimum atomic E-state index is -0.639. The Bertz CT molecular complexity index is 518. The molecule has 1 unspecified atom stereocenters. The van der Waals surface area contributed by atoms with Gasteiger partial charge in [0.2, 0.25) is 5.79 Å². The van der Waals surface area contributed by atoms with Crippen molar-refractivity contribution in [3.05, 3.63) is 36.4 Å². The molecule has 23 heavy (non-hydrogen) atoms. The second-order valence-electron chi connectivity index (χ2n) is 7.98. The Balaban J connectivity index is 2.15. The van der Waals surface area contributed by atoms with Crippen molar-refractivity contribution in [2.75, 3.05) is 0 Å². The molecule has 0 aliphatic heterocycles. The zero-order valence-corrected chi connectivity index (χ0v) is 15.4. The molecule has 128 valence electrons. The lowest BCUT2D eigenvalue weighted by atomic mass is 9.85. The van der Waals surface area contributed by atoms with Gasteiger partial charge in [-0.3, -0.25) is 0 Å². The van der Waals surface area contributed by atoms with Crippen LogP contribution < -0.4 is 4.74 Å². The first-order valence-electron chi connectivity index (χ1n) is 8.84. The molecule has 1 atom stereocenters. The van der Waals surface area contributed by atoms with Crippen molar-refractivity contribution in [3.8, 4) is 5.75 Å². The summed E-state index contributed by atoms with van der Waals surface area (Å²) in [7, 11) is 0. The largest absolute Gasteiger partial charge is 0.462 e. The second-order valence-corrected chi connectivity index (χ2v) is 7.98. The summed E-state index contributed by atoms with van der Waals surface area (Å²) in [6.45, 7) is 14.6. The summed E-state index contributed by atoms with van der Waals surface area (Å²) in [5.74, 6) is 0.211. The van der Waals surface area contributed by atoms with Crippen LogP contribution in [0, 0.1) is 5.41 Å². The van der Waals surface area contributed by atoms with Gasteiger partial charge < -0.3 is 9.47 Å². The lowest BCUT2D eigenvalue weighted by Gasteiger charge is -2.44. The molecule has 1 fully saturated rings. The minimum absolute atomic E-state index is 0.114. The van der Waals surface area contributed by atoms with E-state index < -0.39 is 5.79 Å². The standard InChI is InChI=1S/C21H32O2/c1-16(2)17-12-14-19(15-13-17)23-21(6,20(3,4)5)22-18-10-8-7-9-11-18/h12-15,18H,1,7-11H2,2-6H3. The molecule has 0 aromatic heterocycles. The molecule has 1 aromatic carbocycles. The molecular weight excluding hydrogens is 284 g/mol. The Labute approximate surface area is 141 Å². The van der Waals surface area contributed by atoms with Crippen molar-refractivity contribution >= 4 is 5.57 Å². The summed E-state index contributed by atoms with van der Waals surface area (Å²) in [4.78, 5) is 0.